The molecule has 0 saturated heterocycles. The Hall–Kier alpha value is -2.19. The van der Waals surface area contributed by atoms with Crippen molar-refractivity contribution in [1.82, 2.24) is 21.1 Å². The quantitative estimate of drug-likeness (QED) is 0.228. The van der Waals surface area contributed by atoms with Gasteiger partial charge in [-0.3, -0.25) is 5.43 Å². The van der Waals surface area contributed by atoms with Crippen molar-refractivity contribution in [2.75, 3.05) is 33.3 Å². The largest absolute Gasteiger partial charge is 0.490 e. The van der Waals surface area contributed by atoms with E-state index in [-0.39, 0.29) is 29.8 Å². The summed E-state index contributed by atoms with van der Waals surface area (Å²) in [6.07, 6.45) is 5.75. The summed E-state index contributed by atoms with van der Waals surface area (Å²) in [6, 6.07) is 4.84. The third-order valence-electron chi connectivity index (χ3n) is 5.60. The number of hydrogen-bond donors (Lipinski definition) is 3. The molecule has 2 amide bonds. The second-order valence-electron chi connectivity index (χ2n) is 9.54. The predicted octanol–water partition coefficient (Wildman–Crippen LogP) is 3.81. The van der Waals surface area contributed by atoms with Gasteiger partial charge < -0.3 is 19.7 Å². The molecule has 0 radical (unpaired) electrons. The molecule has 0 bridgehead atoms. The van der Waals surface area contributed by atoms with Crippen LogP contribution >= 0.6 is 0 Å². The van der Waals surface area contributed by atoms with Gasteiger partial charge in [0.1, 0.15) is 6.29 Å². The van der Waals surface area contributed by atoms with Crippen LogP contribution < -0.4 is 20.9 Å². The number of amides is 2. The molecule has 32 heavy (non-hydrogen) atoms. The minimum absolute atomic E-state index is 0.0253. The smallest absolute Gasteiger partial charge is 0.317 e. The van der Waals surface area contributed by atoms with Crippen LogP contribution in [0.1, 0.15) is 64.5 Å². The van der Waals surface area contributed by atoms with E-state index in [0.29, 0.717) is 24.8 Å². The molecule has 0 aliphatic heterocycles. The summed E-state index contributed by atoms with van der Waals surface area (Å²) in [4.78, 5) is 23.9. The van der Waals surface area contributed by atoms with Gasteiger partial charge in [0.15, 0.2) is 11.6 Å². The zero-order valence-electron chi connectivity index (χ0n) is 19.9. The first-order valence-electron chi connectivity index (χ1n) is 11.6. The SMILES string of the molecule is CNC(=O)N(CC=O)CCCCCNNC(c1ccc(F)c(OCC2CC2)c1)C(C)(C)C. The molecule has 8 heteroatoms. The molecule has 1 aromatic rings. The van der Waals surface area contributed by atoms with E-state index >= 15 is 0 Å². The Labute approximate surface area is 191 Å². The fourth-order valence-corrected chi connectivity index (χ4v) is 3.49. The van der Waals surface area contributed by atoms with Gasteiger partial charge in [0.25, 0.3) is 0 Å². The number of urea groups is 1. The summed E-state index contributed by atoms with van der Waals surface area (Å²) in [6.45, 7) is 8.41. The van der Waals surface area contributed by atoms with Gasteiger partial charge >= 0.3 is 6.03 Å². The normalized spacial score (nSPS) is 14.7. The Morgan fingerprint density at radius 3 is 2.66 bits per heavy atom. The zero-order valence-corrected chi connectivity index (χ0v) is 19.9. The van der Waals surface area contributed by atoms with Crippen molar-refractivity contribution in [3.63, 3.8) is 0 Å². The van der Waals surface area contributed by atoms with Crippen LogP contribution in [0.2, 0.25) is 0 Å². The van der Waals surface area contributed by atoms with Gasteiger partial charge in [-0.2, -0.15) is 0 Å². The highest BCUT2D eigenvalue weighted by Gasteiger charge is 2.27. The standard InChI is InChI=1S/C24H39FN4O3/c1-24(2,3)22(19-10-11-20(25)21(16-19)32-17-18-8-9-18)28-27-12-6-5-7-13-29(14-15-30)23(31)26-4/h10-11,15-16,18,22,27-28H,5-9,12-14,17H2,1-4H3,(H,26,31). The van der Waals surface area contributed by atoms with Crippen LogP contribution in [0.15, 0.2) is 18.2 Å². The van der Waals surface area contributed by atoms with Crippen LogP contribution in [0, 0.1) is 17.2 Å². The van der Waals surface area contributed by atoms with E-state index < -0.39 is 0 Å². The van der Waals surface area contributed by atoms with E-state index in [2.05, 4.69) is 36.9 Å². The van der Waals surface area contributed by atoms with Crippen molar-refractivity contribution in [1.29, 1.82) is 0 Å². The number of carbonyl (C=O) groups excluding carboxylic acids is 2. The Morgan fingerprint density at radius 2 is 2.03 bits per heavy atom. The lowest BCUT2D eigenvalue weighted by atomic mass is 9.82. The predicted molar refractivity (Wildman–Crippen MR) is 124 cm³/mol. The van der Waals surface area contributed by atoms with Crippen LogP contribution in [0.5, 0.6) is 5.75 Å². The molecule has 1 atom stereocenters. The van der Waals surface area contributed by atoms with E-state index in [1.807, 2.05) is 12.1 Å². The molecular weight excluding hydrogens is 411 g/mol. The summed E-state index contributed by atoms with van der Waals surface area (Å²) in [5.74, 6) is 0.565. The Bertz CT molecular complexity index is 734. The molecule has 7 nitrogen and oxygen atoms in total. The van der Waals surface area contributed by atoms with Crippen molar-refractivity contribution in [2.45, 2.75) is 58.9 Å². The molecule has 180 valence electrons. The van der Waals surface area contributed by atoms with Gasteiger partial charge in [-0.05, 0) is 54.7 Å². The third-order valence-corrected chi connectivity index (χ3v) is 5.60. The minimum atomic E-state index is -0.324. The maximum atomic E-state index is 14.2. The molecule has 1 aromatic carbocycles. The van der Waals surface area contributed by atoms with Crippen molar-refractivity contribution in [3.8, 4) is 5.75 Å². The van der Waals surface area contributed by atoms with Crippen LogP contribution in [-0.2, 0) is 4.79 Å². The maximum Gasteiger partial charge on any atom is 0.317 e. The number of benzene rings is 1. The Balaban J connectivity index is 1.80. The van der Waals surface area contributed by atoms with Crippen molar-refractivity contribution < 1.29 is 18.7 Å². The number of ether oxygens (including phenoxy) is 1. The first-order valence-corrected chi connectivity index (χ1v) is 11.6. The number of nitrogens with zero attached hydrogens (tertiary/aromatic N) is 1. The van der Waals surface area contributed by atoms with Gasteiger partial charge in [0.2, 0.25) is 0 Å². The van der Waals surface area contributed by atoms with Crippen LogP contribution in [-0.4, -0.2) is 50.5 Å². The van der Waals surface area contributed by atoms with Crippen molar-refractivity contribution in [2.24, 2.45) is 11.3 Å². The highest BCUT2D eigenvalue weighted by molar-refractivity contribution is 5.76. The summed E-state index contributed by atoms with van der Waals surface area (Å²) in [7, 11) is 1.56. The summed E-state index contributed by atoms with van der Waals surface area (Å²) < 4.78 is 19.9. The lowest BCUT2D eigenvalue weighted by Crippen LogP contribution is -2.42. The maximum absolute atomic E-state index is 14.2. The topological polar surface area (TPSA) is 82.7 Å². The molecule has 2 rings (SSSR count). The number of hydrogen-bond acceptors (Lipinski definition) is 5. The van der Waals surface area contributed by atoms with Gasteiger partial charge in [0, 0.05) is 20.1 Å². The van der Waals surface area contributed by atoms with E-state index in [1.165, 1.54) is 23.8 Å². The van der Waals surface area contributed by atoms with E-state index in [1.54, 1.807) is 7.05 Å². The number of hydrazine groups is 1. The molecular formula is C24H39FN4O3. The molecule has 0 heterocycles. The third kappa shape index (κ3) is 8.74. The van der Waals surface area contributed by atoms with Crippen LogP contribution in [0.4, 0.5) is 9.18 Å². The fourth-order valence-electron chi connectivity index (χ4n) is 3.49. The van der Waals surface area contributed by atoms with Crippen molar-refractivity contribution >= 4 is 12.3 Å². The van der Waals surface area contributed by atoms with Gasteiger partial charge in [-0.25, -0.2) is 14.6 Å². The Kier molecular flexibility index (Phi) is 10.4. The highest BCUT2D eigenvalue weighted by atomic mass is 19.1. The molecule has 1 unspecified atom stereocenters. The summed E-state index contributed by atoms with van der Waals surface area (Å²) in [5, 5.41) is 2.55. The number of rotatable bonds is 14. The van der Waals surface area contributed by atoms with E-state index in [0.717, 1.165) is 37.7 Å². The highest BCUT2D eigenvalue weighted by Crippen LogP contribution is 2.35. The van der Waals surface area contributed by atoms with Gasteiger partial charge in [-0.1, -0.05) is 33.3 Å². The molecule has 3 N–H and O–H groups in total. The second-order valence-corrected chi connectivity index (χ2v) is 9.54. The second kappa shape index (κ2) is 12.7. The average Bonchev–Trinajstić information content (AvgIpc) is 3.57. The molecule has 0 aromatic heterocycles. The molecule has 1 aliphatic carbocycles. The van der Waals surface area contributed by atoms with Gasteiger partial charge in [-0.15, -0.1) is 0 Å². The first kappa shape index (κ1) is 26.1. The number of aldehydes is 1. The minimum Gasteiger partial charge on any atom is -0.490 e. The molecule has 1 saturated carbocycles. The van der Waals surface area contributed by atoms with Crippen LogP contribution in [0.25, 0.3) is 0 Å². The van der Waals surface area contributed by atoms with Crippen LogP contribution in [0.3, 0.4) is 0 Å². The fraction of sp³-hybridized carbons (Fsp3) is 0.667. The number of unbranched alkanes of at least 4 members (excludes halogenated alkanes) is 2. The zero-order chi connectivity index (χ0) is 23.6. The summed E-state index contributed by atoms with van der Waals surface area (Å²) in [5.41, 5.74) is 7.58. The molecule has 1 aliphatic rings. The van der Waals surface area contributed by atoms with Crippen molar-refractivity contribution in [3.05, 3.63) is 29.6 Å². The van der Waals surface area contributed by atoms with E-state index in [9.17, 15) is 14.0 Å². The first-order chi connectivity index (χ1) is 15.3. The lowest BCUT2D eigenvalue weighted by Gasteiger charge is -2.32. The van der Waals surface area contributed by atoms with Gasteiger partial charge in [0.05, 0.1) is 19.2 Å². The van der Waals surface area contributed by atoms with E-state index in [4.69, 9.17) is 4.74 Å². The monoisotopic (exact) mass is 450 g/mol. The summed E-state index contributed by atoms with van der Waals surface area (Å²) >= 11 is 0. The molecule has 1 fully saturated rings. The average molecular weight is 451 g/mol. The number of halogens is 1. The Morgan fingerprint density at radius 1 is 1.28 bits per heavy atom. The molecule has 0 spiro atoms. The number of carbonyl (C=O) groups is 2. The number of nitrogens with one attached hydrogen (secondary N) is 3. The lowest BCUT2D eigenvalue weighted by molar-refractivity contribution is -0.108.